The lowest BCUT2D eigenvalue weighted by molar-refractivity contribution is 0.153. The largest absolute Gasteiger partial charge is 0.304 e. The molecule has 2 aromatic rings. The van der Waals surface area contributed by atoms with Crippen molar-refractivity contribution in [3.05, 3.63) is 48.0 Å². The van der Waals surface area contributed by atoms with Crippen molar-refractivity contribution >= 4 is 0 Å². The van der Waals surface area contributed by atoms with Crippen LogP contribution in [0.5, 0.6) is 0 Å². The summed E-state index contributed by atoms with van der Waals surface area (Å²) in [6.07, 6.45) is 6.26. The molecule has 0 N–H and O–H groups in total. The molecule has 1 aliphatic heterocycles. The number of hydrogen-bond donors (Lipinski definition) is 0. The van der Waals surface area contributed by atoms with E-state index in [0.29, 0.717) is 0 Å². The van der Waals surface area contributed by atoms with Crippen LogP contribution in [-0.4, -0.2) is 59.1 Å². The highest BCUT2D eigenvalue weighted by atomic mass is 15.2. The Labute approximate surface area is 133 Å². The van der Waals surface area contributed by atoms with Crippen molar-refractivity contribution in [1.29, 1.82) is 0 Å². The molecule has 0 radical (unpaired) electrons. The van der Waals surface area contributed by atoms with Gasteiger partial charge in [-0.25, -0.2) is 4.98 Å². The maximum atomic E-state index is 4.28. The number of rotatable bonds is 5. The van der Waals surface area contributed by atoms with E-state index in [0.717, 1.165) is 12.2 Å². The second-order valence-electron chi connectivity index (χ2n) is 6.26. The number of aromatic nitrogens is 2. The number of likely N-dealkylation sites (N-methyl/N-ethyl adjacent to an activating group) is 1. The lowest BCUT2D eigenvalue weighted by atomic mass is 10.1. The van der Waals surface area contributed by atoms with Crippen molar-refractivity contribution in [2.45, 2.75) is 19.8 Å². The van der Waals surface area contributed by atoms with Crippen LogP contribution < -0.4 is 0 Å². The van der Waals surface area contributed by atoms with Crippen LogP contribution in [0.15, 0.2) is 36.7 Å². The van der Waals surface area contributed by atoms with Gasteiger partial charge in [-0.15, -0.1) is 0 Å². The van der Waals surface area contributed by atoms with E-state index in [2.05, 4.69) is 50.7 Å². The van der Waals surface area contributed by atoms with E-state index in [1.807, 2.05) is 19.3 Å². The minimum absolute atomic E-state index is 1.03. The fourth-order valence-corrected chi connectivity index (χ4v) is 3.05. The number of benzene rings is 1. The third-order valence-electron chi connectivity index (χ3n) is 4.58. The molecule has 4 nitrogen and oxygen atoms in total. The summed E-state index contributed by atoms with van der Waals surface area (Å²) in [6, 6.07) is 8.89. The van der Waals surface area contributed by atoms with Gasteiger partial charge in [0.25, 0.3) is 0 Å². The molecule has 3 rings (SSSR count). The summed E-state index contributed by atoms with van der Waals surface area (Å²) in [5.74, 6) is 1.03. The molecule has 1 saturated heterocycles. The minimum atomic E-state index is 1.03. The normalized spacial score (nSPS) is 17.0. The van der Waals surface area contributed by atoms with Gasteiger partial charge in [0.1, 0.15) is 5.82 Å². The van der Waals surface area contributed by atoms with Crippen LogP contribution in [-0.2, 0) is 6.42 Å². The van der Waals surface area contributed by atoms with Gasteiger partial charge in [0.2, 0.25) is 0 Å². The van der Waals surface area contributed by atoms with Gasteiger partial charge in [-0.1, -0.05) is 12.1 Å². The first-order valence-electron chi connectivity index (χ1n) is 8.22. The molecule has 1 fully saturated rings. The molecule has 0 amide bonds. The molecular formula is C18H26N4. The number of piperazine rings is 1. The molecule has 1 aromatic carbocycles. The summed E-state index contributed by atoms with van der Waals surface area (Å²) in [6.45, 7) is 8.10. The van der Waals surface area contributed by atoms with Gasteiger partial charge >= 0.3 is 0 Å². The van der Waals surface area contributed by atoms with Gasteiger partial charge in [0.15, 0.2) is 0 Å². The Hall–Kier alpha value is -1.65. The Balaban J connectivity index is 1.48. The van der Waals surface area contributed by atoms with Gasteiger partial charge in [-0.05, 0) is 51.1 Å². The van der Waals surface area contributed by atoms with E-state index in [9.17, 15) is 0 Å². The Morgan fingerprint density at radius 1 is 1.05 bits per heavy atom. The van der Waals surface area contributed by atoms with Crippen molar-refractivity contribution in [3.63, 3.8) is 0 Å². The van der Waals surface area contributed by atoms with E-state index in [1.165, 1.54) is 50.4 Å². The Bertz CT molecular complexity index is 579. The quantitative estimate of drug-likeness (QED) is 0.847. The maximum Gasteiger partial charge on any atom is 0.110 e. The molecule has 0 unspecified atom stereocenters. The maximum absolute atomic E-state index is 4.28. The highest BCUT2D eigenvalue weighted by Gasteiger charge is 2.12. The predicted molar refractivity (Wildman–Crippen MR) is 90.6 cm³/mol. The summed E-state index contributed by atoms with van der Waals surface area (Å²) in [5, 5.41) is 0. The highest BCUT2D eigenvalue weighted by molar-refractivity contribution is 5.35. The molecule has 2 heterocycles. The first kappa shape index (κ1) is 15.3. The number of nitrogens with zero attached hydrogens (tertiary/aromatic N) is 4. The summed E-state index contributed by atoms with van der Waals surface area (Å²) >= 11 is 0. The zero-order chi connectivity index (χ0) is 15.4. The summed E-state index contributed by atoms with van der Waals surface area (Å²) in [5.41, 5.74) is 2.62. The van der Waals surface area contributed by atoms with Crippen LogP contribution in [0.3, 0.4) is 0 Å². The van der Waals surface area contributed by atoms with Crippen LogP contribution >= 0.6 is 0 Å². The summed E-state index contributed by atoms with van der Waals surface area (Å²) in [4.78, 5) is 9.27. The van der Waals surface area contributed by atoms with Crippen LogP contribution in [0.4, 0.5) is 0 Å². The highest BCUT2D eigenvalue weighted by Crippen LogP contribution is 2.13. The molecule has 0 spiro atoms. The first-order chi connectivity index (χ1) is 10.7. The lowest BCUT2D eigenvalue weighted by Gasteiger charge is -2.32. The number of hydrogen-bond acceptors (Lipinski definition) is 3. The number of aryl methyl sites for hydroxylation is 2. The second-order valence-corrected chi connectivity index (χ2v) is 6.26. The lowest BCUT2D eigenvalue weighted by Crippen LogP contribution is -2.44. The van der Waals surface area contributed by atoms with Gasteiger partial charge < -0.3 is 14.4 Å². The second kappa shape index (κ2) is 7.07. The van der Waals surface area contributed by atoms with Crippen LogP contribution in [0.2, 0.25) is 0 Å². The van der Waals surface area contributed by atoms with E-state index in [4.69, 9.17) is 0 Å². The van der Waals surface area contributed by atoms with Gasteiger partial charge in [0, 0.05) is 44.3 Å². The molecule has 4 heteroatoms. The SMILES string of the molecule is Cc1nccn1-c1ccc(CCCN2CCN(C)CC2)cc1. The Morgan fingerprint density at radius 3 is 2.41 bits per heavy atom. The molecule has 0 atom stereocenters. The predicted octanol–water partition coefficient (Wildman–Crippen LogP) is 2.36. The molecule has 1 aromatic heterocycles. The van der Waals surface area contributed by atoms with Gasteiger partial charge in [0.05, 0.1) is 0 Å². The Kier molecular flexibility index (Phi) is 4.90. The molecule has 118 valence electrons. The number of imidazole rings is 1. The summed E-state index contributed by atoms with van der Waals surface area (Å²) in [7, 11) is 2.21. The van der Waals surface area contributed by atoms with Crippen LogP contribution in [0.25, 0.3) is 5.69 Å². The van der Waals surface area contributed by atoms with E-state index in [-0.39, 0.29) is 0 Å². The van der Waals surface area contributed by atoms with Crippen LogP contribution in [0.1, 0.15) is 17.8 Å². The van der Waals surface area contributed by atoms with E-state index < -0.39 is 0 Å². The average molecular weight is 298 g/mol. The molecule has 0 bridgehead atoms. The van der Waals surface area contributed by atoms with Crippen molar-refractivity contribution in [2.24, 2.45) is 0 Å². The third kappa shape index (κ3) is 3.76. The van der Waals surface area contributed by atoms with E-state index >= 15 is 0 Å². The van der Waals surface area contributed by atoms with Gasteiger partial charge in [-0.2, -0.15) is 0 Å². The van der Waals surface area contributed by atoms with Crippen LogP contribution in [0, 0.1) is 6.92 Å². The van der Waals surface area contributed by atoms with E-state index in [1.54, 1.807) is 0 Å². The van der Waals surface area contributed by atoms with Crippen molar-refractivity contribution in [2.75, 3.05) is 39.8 Å². The van der Waals surface area contributed by atoms with Crippen molar-refractivity contribution in [1.82, 2.24) is 19.4 Å². The monoisotopic (exact) mass is 298 g/mol. The molecule has 0 aliphatic carbocycles. The molecular weight excluding hydrogens is 272 g/mol. The van der Waals surface area contributed by atoms with Crippen molar-refractivity contribution in [3.8, 4) is 5.69 Å². The summed E-state index contributed by atoms with van der Waals surface area (Å²) < 4.78 is 2.12. The molecule has 0 saturated carbocycles. The fraction of sp³-hybridized carbons (Fsp3) is 0.500. The standard InChI is InChI=1S/C18H26N4/c1-16-19-9-11-22(16)18-7-5-17(6-8-18)4-3-10-21-14-12-20(2)13-15-21/h5-9,11H,3-4,10,12-15H2,1-2H3. The van der Waals surface area contributed by atoms with Gasteiger partial charge in [-0.3, -0.25) is 0 Å². The fourth-order valence-electron chi connectivity index (χ4n) is 3.05. The first-order valence-corrected chi connectivity index (χ1v) is 8.22. The molecule has 1 aliphatic rings. The smallest absolute Gasteiger partial charge is 0.110 e. The minimum Gasteiger partial charge on any atom is -0.304 e. The van der Waals surface area contributed by atoms with Crippen molar-refractivity contribution < 1.29 is 0 Å². The average Bonchev–Trinajstić information content (AvgIpc) is 2.96. The zero-order valence-electron chi connectivity index (χ0n) is 13.7. The molecule has 22 heavy (non-hydrogen) atoms. The Morgan fingerprint density at radius 2 is 1.77 bits per heavy atom. The zero-order valence-corrected chi connectivity index (χ0v) is 13.7. The third-order valence-corrected chi connectivity index (χ3v) is 4.58. The topological polar surface area (TPSA) is 24.3 Å².